The van der Waals surface area contributed by atoms with Crippen molar-refractivity contribution in [3.8, 4) is 11.5 Å². The summed E-state index contributed by atoms with van der Waals surface area (Å²) in [7, 11) is 0. The molecule has 0 radical (unpaired) electrons. The first-order valence-electron chi connectivity index (χ1n) is 8.37. The van der Waals surface area contributed by atoms with Gasteiger partial charge in [0.2, 0.25) is 5.91 Å². The molecule has 0 aliphatic carbocycles. The summed E-state index contributed by atoms with van der Waals surface area (Å²) < 4.78 is 5.73. The Labute approximate surface area is 162 Å². The van der Waals surface area contributed by atoms with Crippen LogP contribution in [0.25, 0.3) is 6.08 Å². The number of rotatable bonds is 6. The zero-order valence-corrected chi connectivity index (χ0v) is 15.4. The third kappa shape index (κ3) is 5.66. The fourth-order valence-corrected chi connectivity index (χ4v) is 2.54. The van der Waals surface area contributed by atoms with E-state index >= 15 is 0 Å². The Kier molecular flexibility index (Phi) is 6.18. The summed E-state index contributed by atoms with van der Waals surface area (Å²) in [6.07, 6.45) is 7.87. The highest BCUT2D eigenvalue weighted by Crippen LogP contribution is 2.23. The minimum Gasteiger partial charge on any atom is -0.454 e. The minimum atomic E-state index is -0.180. The van der Waals surface area contributed by atoms with E-state index in [1.807, 2.05) is 43.3 Å². The average molecular weight is 380 g/mol. The highest BCUT2D eigenvalue weighted by Gasteiger charge is 2.09. The summed E-state index contributed by atoms with van der Waals surface area (Å²) in [5.41, 5.74) is 1.83. The number of hydrogen-bond acceptors (Lipinski definition) is 4. The van der Waals surface area contributed by atoms with Gasteiger partial charge in [0.05, 0.1) is 18.4 Å². The van der Waals surface area contributed by atoms with Crippen LogP contribution in [0.15, 0.2) is 73.3 Å². The molecular formula is C21H18ClN3O2. The Balaban J connectivity index is 1.61. The number of benzene rings is 2. The second-order valence-electron chi connectivity index (χ2n) is 5.86. The third-order valence-electron chi connectivity index (χ3n) is 3.79. The van der Waals surface area contributed by atoms with Gasteiger partial charge in [0.15, 0.2) is 5.75 Å². The standard InChI is InChI=1S/C21H18ClN3O2/c1-15(25-21(26)10-7-16-5-8-18(22)9-6-16)17-3-2-4-19(11-17)27-20-12-23-14-24-13-20/h2-15H,1H3,(H,25,26)/b10-7+/t15-/m0/s1. The topological polar surface area (TPSA) is 64.1 Å². The molecule has 1 aromatic heterocycles. The minimum absolute atomic E-state index is 0.178. The number of nitrogens with zero attached hydrogens (tertiary/aromatic N) is 2. The molecule has 0 spiro atoms. The van der Waals surface area contributed by atoms with Crippen molar-refractivity contribution in [1.82, 2.24) is 15.3 Å². The van der Waals surface area contributed by atoms with Crippen LogP contribution in [0.2, 0.25) is 5.02 Å². The summed E-state index contributed by atoms with van der Waals surface area (Å²) in [6, 6.07) is 14.6. The SMILES string of the molecule is C[C@H](NC(=O)/C=C/c1ccc(Cl)cc1)c1cccc(Oc2cncnc2)c1. The Bertz CT molecular complexity index is 928. The van der Waals surface area contributed by atoms with Gasteiger partial charge in [-0.3, -0.25) is 4.79 Å². The molecule has 5 nitrogen and oxygen atoms in total. The lowest BCUT2D eigenvalue weighted by Gasteiger charge is -2.14. The Hall–Kier alpha value is -3.18. The van der Waals surface area contributed by atoms with Crippen LogP contribution in [0.3, 0.4) is 0 Å². The van der Waals surface area contributed by atoms with E-state index in [4.69, 9.17) is 16.3 Å². The van der Waals surface area contributed by atoms with Crippen LogP contribution in [0, 0.1) is 0 Å². The zero-order valence-electron chi connectivity index (χ0n) is 14.7. The number of nitrogens with one attached hydrogen (secondary N) is 1. The quantitative estimate of drug-likeness (QED) is 0.624. The summed E-state index contributed by atoms with van der Waals surface area (Å²) in [5.74, 6) is 1.03. The van der Waals surface area contributed by atoms with Gasteiger partial charge in [-0.1, -0.05) is 35.9 Å². The van der Waals surface area contributed by atoms with Crippen LogP contribution in [-0.2, 0) is 4.79 Å². The van der Waals surface area contributed by atoms with E-state index in [9.17, 15) is 4.79 Å². The van der Waals surface area contributed by atoms with Crippen molar-refractivity contribution in [2.24, 2.45) is 0 Å². The largest absolute Gasteiger partial charge is 0.454 e. The van der Waals surface area contributed by atoms with E-state index in [0.717, 1.165) is 11.1 Å². The van der Waals surface area contributed by atoms with E-state index in [2.05, 4.69) is 15.3 Å². The number of aromatic nitrogens is 2. The molecule has 3 rings (SSSR count). The van der Waals surface area contributed by atoms with Crippen molar-refractivity contribution < 1.29 is 9.53 Å². The van der Waals surface area contributed by atoms with Crippen molar-refractivity contribution in [1.29, 1.82) is 0 Å². The number of carbonyl (C=O) groups is 1. The number of halogens is 1. The lowest BCUT2D eigenvalue weighted by atomic mass is 10.1. The van der Waals surface area contributed by atoms with Crippen molar-refractivity contribution in [3.63, 3.8) is 0 Å². The number of amides is 1. The zero-order chi connectivity index (χ0) is 19.1. The van der Waals surface area contributed by atoms with Crippen LogP contribution in [0.5, 0.6) is 11.5 Å². The molecule has 1 N–H and O–H groups in total. The van der Waals surface area contributed by atoms with Gasteiger partial charge in [-0.15, -0.1) is 0 Å². The van der Waals surface area contributed by atoms with E-state index in [1.54, 1.807) is 30.6 Å². The van der Waals surface area contributed by atoms with E-state index in [1.165, 1.54) is 12.4 Å². The molecule has 0 unspecified atom stereocenters. The van der Waals surface area contributed by atoms with Crippen LogP contribution < -0.4 is 10.1 Å². The van der Waals surface area contributed by atoms with Gasteiger partial charge in [-0.05, 0) is 48.4 Å². The van der Waals surface area contributed by atoms with Gasteiger partial charge >= 0.3 is 0 Å². The molecule has 0 aliphatic heterocycles. The van der Waals surface area contributed by atoms with Crippen molar-refractivity contribution in [3.05, 3.63) is 89.5 Å². The van der Waals surface area contributed by atoms with Gasteiger partial charge in [0.1, 0.15) is 12.1 Å². The molecule has 3 aromatic rings. The van der Waals surface area contributed by atoms with Gasteiger partial charge in [0, 0.05) is 11.1 Å². The van der Waals surface area contributed by atoms with Gasteiger partial charge in [-0.25, -0.2) is 9.97 Å². The first kappa shape index (κ1) is 18.6. The van der Waals surface area contributed by atoms with Crippen molar-refractivity contribution in [2.75, 3.05) is 0 Å². The highest BCUT2D eigenvalue weighted by atomic mass is 35.5. The smallest absolute Gasteiger partial charge is 0.244 e. The summed E-state index contributed by atoms with van der Waals surface area (Å²) in [5, 5.41) is 3.60. The van der Waals surface area contributed by atoms with E-state index in [0.29, 0.717) is 16.5 Å². The predicted octanol–water partition coefficient (Wildman–Crippen LogP) is 4.81. The molecule has 0 saturated carbocycles. The fraction of sp³-hybridized carbons (Fsp3) is 0.0952. The molecule has 1 amide bonds. The maximum atomic E-state index is 12.2. The normalized spacial score (nSPS) is 11.9. The highest BCUT2D eigenvalue weighted by molar-refractivity contribution is 6.30. The van der Waals surface area contributed by atoms with E-state index in [-0.39, 0.29) is 11.9 Å². The Morgan fingerprint density at radius 2 is 1.85 bits per heavy atom. The monoisotopic (exact) mass is 379 g/mol. The third-order valence-corrected chi connectivity index (χ3v) is 4.04. The molecule has 1 heterocycles. The average Bonchev–Trinajstić information content (AvgIpc) is 2.68. The predicted molar refractivity (Wildman–Crippen MR) is 106 cm³/mol. The van der Waals surface area contributed by atoms with Crippen LogP contribution in [0.1, 0.15) is 24.1 Å². The fourth-order valence-electron chi connectivity index (χ4n) is 2.41. The number of ether oxygens (including phenoxy) is 1. The molecular weight excluding hydrogens is 362 g/mol. The van der Waals surface area contributed by atoms with Crippen LogP contribution in [0.4, 0.5) is 0 Å². The molecule has 0 fully saturated rings. The van der Waals surface area contributed by atoms with E-state index < -0.39 is 0 Å². The molecule has 0 aliphatic rings. The lowest BCUT2D eigenvalue weighted by molar-refractivity contribution is -0.117. The molecule has 1 atom stereocenters. The number of hydrogen-bond donors (Lipinski definition) is 1. The molecule has 27 heavy (non-hydrogen) atoms. The molecule has 0 bridgehead atoms. The number of carbonyl (C=O) groups excluding carboxylic acids is 1. The van der Waals surface area contributed by atoms with Gasteiger partial charge in [-0.2, -0.15) is 0 Å². The maximum Gasteiger partial charge on any atom is 0.244 e. The first-order valence-corrected chi connectivity index (χ1v) is 8.75. The van der Waals surface area contributed by atoms with Crippen LogP contribution >= 0.6 is 11.6 Å². The molecule has 0 saturated heterocycles. The second kappa shape index (κ2) is 8.96. The first-order chi connectivity index (χ1) is 13.1. The Morgan fingerprint density at radius 3 is 2.59 bits per heavy atom. The second-order valence-corrected chi connectivity index (χ2v) is 6.30. The van der Waals surface area contributed by atoms with Crippen molar-refractivity contribution in [2.45, 2.75) is 13.0 Å². The maximum absolute atomic E-state index is 12.2. The molecule has 6 heteroatoms. The van der Waals surface area contributed by atoms with Crippen molar-refractivity contribution >= 4 is 23.6 Å². The molecule has 2 aromatic carbocycles. The summed E-state index contributed by atoms with van der Waals surface area (Å²) in [6.45, 7) is 1.92. The Morgan fingerprint density at radius 1 is 1.11 bits per heavy atom. The molecule has 136 valence electrons. The van der Waals surface area contributed by atoms with Gasteiger partial charge < -0.3 is 10.1 Å². The summed E-state index contributed by atoms with van der Waals surface area (Å²) >= 11 is 5.85. The van der Waals surface area contributed by atoms with Crippen LogP contribution in [-0.4, -0.2) is 15.9 Å². The summed E-state index contributed by atoms with van der Waals surface area (Å²) in [4.78, 5) is 20.0. The lowest BCUT2D eigenvalue weighted by Crippen LogP contribution is -2.24. The van der Waals surface area contributed by atoms with Gasteiger partial charge in [0.25, 0.3) is 0 Å².